The van der Waals surface area contributed by atoms with Crippen molar-refractivity contribution in [3.8, 4) is 0 Å². The second kappa shape index (κ2) is 7.13. The number of nitrogens with two attached hydrogens (primary N) is 1. The van der Waals surface area contributed by atoms with Crippen LogP contribution >= 0.6 is 0 Å². The summed E-state index contributed by atoms with van der Waals surface area (Å²) in [5, 5.41) is 7.54. The average Bonchev–Trinajstić information content (AvgIpc) is 2.39. The SMILES string of the molecule is CCNC(=O)NC(=O)C(C)Nc1cccc(C(N)=O)c1. The van der Waals surface area contributed by atoms with Gasteiger partial charge < -0.3 is 16.4 Å². The quantitative estimate of drug-likeness (QED) is 0.625. The number of benzene rings is 1. The van der Waals surface area contributed by atoms with Crippen molar-refractivity contribution < 1.29 is 14.4 Å². The number of hydrogen-bond donors (Lipinski definition) is 4. The minimum absolute atomic E-state index is 0.339. The van der Waals surface area contributed by atoms with Gasteiger partial charge in [-0.3, -0.25) is 14.9 Å². The van der Waals surface area contributed by atoms with Crippen molar-refractivity contribution in [3.63, 3.8) is 0 Å². The lowest BCUT2D eigenvalue weighted by molar-refractivity contribution is -0.120. The van der Waals surface area contributed by atoms with E-state index in [4.69, 9.17) is 5.73 Å². The topological polar surface area (TPSA) is 113 Å². The van der Waals surface area contributed by atoms with Gasteiger partial charge >= 0.3 is 6.03 Å². The number of imide groups is 1. The van der Waals surface area contributed by atoms with Crippen LogP contribution in [-0.2, 0) is 4.79 Å². The zero-order valence-corrected chi connectivity index (χ0v) is 11.4. The average molecular weight is 278 g/mol. The Kier molecular flexibility index (Phi) is 5.52. The molecule has 7 heteroatoms. The van der Waals surface area contributed by atoms with Gasteiger partial charge in [0.2, 0.25) is 11.8 Å². The third-order valence-corrected chi connectivity index (χ3v) is 2.50. The zero-order chi connectivity index (χ0) is 15.1. The first kappa shape index (κ1) is 15.5. The van der Waals surface area contributed by atoms with Gasteiger partial charge in [-0.05, 0) is 32.0 Å². The van der Waals surface area contributed by atoms with Gasteiger partial charge in [0.05, 0.1) is 0 Å². The summed E-state index contributed by atoms with van der Waals surface area (Å²) in [4.78, 5) is 34.0. The van der Waals surface area contributed by atoms with E-state index in [2.05, 4.69) is 16.0 Å². The number of hydrogen-bond acceptors (Lipinski definition) is 4. The molecule has 108 valence electrons. The number of carbonyl (C=O) groups excluding carboxylic acids is 3. The highest BCUT2D eigenvalue weighted by Gasteiger charge is 2.15. The second-order valence-electron chi connectivity index (χ2n) is 4.16. The number of nitrogens with one attached hydrogen (secondary N) is 3. The molecule has 4 amide bonds. The standard InChI is InChI=1S/C13H18N4O3/c1-3-15-13(20)17-12(19)8(2)16-10-6-4-5-9(7-10)11(14)18/h4-8,16H,3H2,1-2H3,(H2,14,18)(H2,15,17,19,20). The Morgan fingerprint density at radius 3 is 2.60 bits per heavy atom. The minimum atomic E-state index is -0.638. The highest BCUT2D eigenvalue weighted by atomic mass is 16.2. The Morgan fingerprint density at radius 2 is 2.00 bits per heavy atom. The van der Waals surface area contributed by atoms with Crippen LogP contribution in [0.5, 0.6) is 0 Å². The molecule has 0 aromatic heterocycles. The molecule has 0 heterocycles. The summed E-state index contributed by atoms with van der Waals surface area (Å²) >= 11 is 0. The highest BCUT2D eigenvalue weighted by molar-refractivity contribution is 5.98. The van der Waals surface area contributed by atoms with Gasteiger partial charge in [0.15, 0.2) is 0 Å². The Hall–Kier alpha value is -2.57. The molecular formula is C13H18N4O3. The number of primary amides is 1. The summed E-state index contributed by atoms with van der Waals surface area (Å²) in [5.41, 5.74) is 6.08. The van der Waals surface area contributed by atoms with Crippen LogP contribution in [0.3, 0.4) is 0 Å². The van der Waals surface area contributed by atoms with Gasteiger partial charge in [0.25, 0.3) is 0 Å². The fourth-order valence-corrected chi connectivity index (χ4v) is 1.50. The van der Waals surface area contributed by atoms with Crippen molar-refractivity contribution in [1.29, 1.82) is 0 Å². The predicted molar refractivity (Wildman–Crippen MR) is 75.3 cm³/mol. The first-order chi connectivity index (χ1) is 9.43. The van der Waals surface area contributed by atoms with E-state index >= 15 is 0 Å². The summed E-state index contributed by atoms with van der Waals surface area (Å²) < 4.78 is 0. The van der Waals surface area contributed by atoms with E-state index in [9.17, 15) is 14.4 Å². The van der Waals surface area contributed by atoms with Crippen LogP contribution in [0.25, 0.3) is 0 Å². The van der Waals surface area contributed by atoms with Crippen molar-refractivity contribution in [2.75, 3.05) is 11.9 Å². The summed E-state index contributed by atoms with van der Waals surface area (Å²) in [5.74, 6) is -1.02. The van der Waals surface area contributed by atoms with E-state index in [1.165, 1.54) is 6.07 Å². The summed E-state index contributed by atoms with van der Waals surface area (Å²) in [6.07, 6.45) is 0. The van der Waals surface area contributed by atoms with Gasteiger partial charge in [-0.25, -0.2) is 4.79 Å². The summed E-state index contributed by atoms with van der Waals surface area (Å²) in [7, 11) is 0. The van der Waals surface area contributed by atoms with Gasteiger partial charge in [-0.15, -0.1) is 0 Å². The van der Waals surface area contributed by atoms with E-state index in [0.29, 0.717) is 17.8 Å². The molecule has 20 heavy (non-hydrogen) atoms. The first-order valence-corrected chi connectivity index (χ1v) is 6.19. The Bertz CT molecular complexity index is 516. The maximum absolute atomic E-state index is 11.7. The molecule has 7 nitrogen and oxygen atoms in total. The molecule has 0 radical (unpaired) electrons. The smallest absolute Gasteiger partial charge is 0.321 e. The van der Waals surface area contributed by atoms with Crippen LogP contribution in [0.15, 0.2) is 24.3 Å². The summed E-state index contributed by atoms with van der Waals surface area (Å²) in [6.45, 7) is 3.79. The Labute approximate surface area is 116 Å². The lowest BCUT2D eigenvalue weighted by Crippen LogP contribution is -2.45. The van der Waals surface area contributed by atoms with Crippen molar-refractivity contribution in [2.45, 2.75) is 19.9 Å². The molecule has 0 aliphatic heterocycles. The number of carbonyl (C=O) groups is 3. The highest BCUT2D eigenvalue weighted by Crippen LogP contribution is 2.11. The monoisotopic (exact) mass is 278 g/mol. The summed E-state index contributed by atoms with van der Waals surface area (Å²) in [6, 6.07) is 5.28. The van der Waals surface area contributed by atoms with E-state index in [1.54, 1.807) is 32.0 Å². The number of amides is 4. The molecule has 0 aliphatic rings. The lowest BCUT2D eigenvalue weighted by atomic mass is 10.2. The van der Waals surface area contributed by atoms with Crippen LogP contribution in [0.4, 0.5) is 10.5 Å². The third kappa shape index (κ3) is 4.60. The van der Waals surface area contributed by atoms with Crippen molar-refractivity contribution in [2.24, 2.45) is 5.73 Å². The normalized spacial score (nSPS) is 11.3. The minimum Gasteiger partial charge on any atom is -0.374 e. The van der Waals surface area contributed by atoms with Crippen molar-refractivity contribution in [1.82, 2.24) is 10.6 Å². The van der Waals surface area contributed by atoms with Gasteiger partial charge in [-0.1, -0.05) is 6.07 Å². The van der Waals surface area contributed by atoms with Crippen molar-refractivity contribution >= 4 is 23.5 Å². The zero-order valence-electron chi connectivity index (χ0n) is 11.4. The van der Waals surface area contributed by atoms with Gasteiger partial charge in [0, 0.05) is 17.8 Å². The van der Waals surface area contributed by atoms with E-state index in [1.807, 2.05) is 0 Å². The Balaban J connectivity index is 2.63. The van der Waals surface area contributed by atoms with Gasteiger partial charge in [0.1, 0.15) is 6.04 Å². The van der Waals surface area contributed by atoms with Gasteiger partial charge in [-0.2, -0.15) is 0 Å². The van der Waals surface area contributed by atoms with E-state index in [0.717, 1.165) is 0 Å². The van der Waals surface area contributed by atoms with E-state index < -0.39 is 23.9 Å². The molecule has 0 spiro atoms. The molecule has 0 aliphatic carbocycles. The predicted octanol–water partition coefficient (Wildman–Crippen LogP) is 0.432. The van der Waals surface area contributed by atoms with Crippen LogP contribution in [0, 0.1) is 0 Å². The first-order valence-electron chi connectivity index (χ1n) is 6.19. The molecule has 1 atom stereocenters. The Morgan fingerprint density at radius 1 is 1.30 bits per heavy atom. The largest absolute Gasteiger partial charge is 0.374 e. The maximum atomic E-state index is 11.7. The number of anilines is 1. The molecule has 1 aromatic rings. The molecule has 0 fully saturated rings. The molecule has 0 saturated carbocycles. The van der Waals surface area contributed by atoms with Crippen LogP contribution in [0.2, 0.25) is 0 Å². The van der Waals surface area contributed by atoms with Crippen molar-refractivity contribution in [3.05, 3.63) is 29.8 Å². The van der Waals surface area contributed by atoms with Crippen LogP contribution in [-0.4, -0.2) is 30.4 Å². The second-order valence-corrected chi connectivity index (χ2v) is 4.16. The molecule has 0 bridgehead atoms. The fraction of sp³-hybridized carbons (Fsp3) is 0.308. The van der Waals surface area contributed by atoms with Crippen LogP contribution < -0.4 is 21.7 Å². The molecule has 1 aromatic carbocycles. The maximum Gasteiger partial charge on any atom is 0.321 e. The third-order valence-electron chi connectivity index (χ3n) is 2.50. The number of rotatable bonds is 5. The lowest BCUT2D eigenvalue weighted by Gasteiger charge is -2.15. The molecular weight excluding hydrogens is 260 g/mol. The van der Waals surface area contributed by atoms with E-state index in [-0.39, 0.29) is 0 Å². The molecule has 1 rings (SSSR count). The van der Waals surface area contributed by atoms with Crippen LogP contribution in [0.1, 0.15) is 24.2 Å². The molecule has 0 saturated heterocycles. The number of urea groups is 1. The fourth-order valence-electron chi connectivity index (χ4n) is 1.50. The molecule has 1 unspecified atom stereocenters. The molecule has 5 N–H and O–H groups in total.